The number of benzene rings is 1. The molecule has 3 N–H and O–H groups in total. The number of esters is 1. The molecule has 0 aliphatic heterocycles. The molecule has 30 heavy (non-hydrogen) atoms. The number of sulfonamides is 1. The van der Waals surface area contributed by atoms with Gasteiger partial charge in [-0.05, 0) is 6.42 Å². The number of nitro groups is 1. The van der Waals surface area contributed by atoms with Crippen LogP contribution in [-0.4, -0.2) is 42.9 Å². The molecule has 0 radical (unpaired) electrons. The molecule has 1 aromatic heterocycles. The highest BCUT2D eigenvalue weighted by Gasteiger charge is 2.16. The number of nitrogens with two attached hydrogens (primary N) is 1. The number of primary sulfonamides is 1. The Morgan fingerprint density at radius 3 is 2.50 bits per heavy atom. The molecule has 0 spiro atoms. The second-order valence-electron chi connectivity index (χ2n) is 6.07. The minimum Gasteiger partial charge on any atom is -0.464 e. The van der Waals surface area contributed by atoms with Crippen molar-refractivity contribution in [1.29, 1.82) is 0 Å². The topological polar surface area (TPSA) is 167 Å². The van der Waals surface area contributed by atoms with Gasteiger partial charge in [0.2, 0.25) is 10.0 Å². The number of hydrogen-bond donors (Lipinski definition) is 2. The van der Waals surface area contributed by atoms with Crippen molar-refractivity contribution in [2.45, 2.75) is 31.9 Å². The minimum atomic E-state index is -3.74. The molecule has 2 aromatic rings. The first-order chi connectivity index (χ1) is 14.2. The zero-order valence-electron chi connectivity index (χ0n) is 16.8. The molecule has 0 aliphatic carbocycles. The van der Waals surface area contributed by atoms with Gasteiger partial charge in [-0.15, -0.1) is 0 Å². The Hall–Kier alpha value is -3.12. The molecule has 0 unspecified atom stereocenters. The third-order valence-corrected chi connectivity index (χ3v) is 4.41. The van der Waals surface area contributed by atoms with E-state index in [1.165, 1.54) is 37.6 Å². The Balaban J connectivity index is 0.000000303. The number of unbranched alkanes of at least 4 members (excludes halogenated alkanes) is 2. The van der Waals surface area contributed by atoms with Crippen molar-refractivity contribution in [1.82, 2.24) is 9.97 Å². The summed E-state index contributed by atoms with van der Waals surface area (Å²) in [6.45, 7) is 2.93. The molecule has 12 heteroatoms. The number of carbonyl (C=O) groups is 1. The zero-order chi connectivity index (χ0) is 22.6. The molecule has 0 fully saturated rings. The lowest BCUT2D eigenvalue weighted by atomic mass is 10.2. The van der Waals surface area contributed by atoms with Gasteiger partial charge in [-0.25, -0.2) is 28.3 Å². The van der Waals surface area contributed by atoms with Crippen molar-refractivity contribution < 1.29 is 22.9 Å². The van der Waals surface area contributed by atoms with Crippen LogP contribution in [0.4, 0.5) is 11.5 Å². The number of nitro benzene ring substituents is 1. The van der Waals surface area contributed by atoms with Crippen molar-refractivity contribution >= 4 is 27.5 Å². The van der Waals surface area contributed by atoms with Crippen molar-refractivity contribution in [3.8, 4) is 0 Å². The number of anilines is 1. The van der Waals surface area contributed by atoms with Gasteiger partial charge in [0.25, 0.3) is 5.69 Å². The van der Waals surface area contributed by atoms with Gasteiger partial charge in [-0.1, -0.05) is 38.0 Å². The average Bonchev–Trinajstić information content (AvgIpc) is 2.70. The van der Waals surface area contributed by atoms with E-state index in [-0.39, 0.29) is 16.9 Å². The lowest BCUT2D eigenvalue weighted by Gasteiger charge is -2.07. The van der Waals surface area contributed by atoms with Crippen LogP contribution >= 0.6 is 0 Å². The molecule has 11 nitrogen and oxygen atoms in total. The number of aromatic nitrogens is 2. The van der Waals surface area contributed by atoms with E-state index >= 15 is 0 Å². The van der Waals surface area contributed by atoms with Crippen LogP contribution in [0.2, 0.25) is 0 Å². The fourth-order valence-electron chi connectivity index (χ4n) is 2.32. The number of carbonyl (C=O) groups excluding carboxylic acids is 1. The fraction of sp³-hybridized carbons (Fsp3) is 0.389. The highest BCUT2D eigenvalue weighted by atomic mass is 32.2. The summed E-state index contributed by atoms with van der Waals surface area (Å²) in [4.78, 5) is 29.2. The predicted octanol–water partition coefficient (Wildman–Crippen LogP) is 2.25. The molecule has 1 heterocycles. The van der Waals surface area contributed by atoms with Crippen LogP contribution in [0.5, 0.6) is 0 Å². The summed E-state index contributed by atoms with van der Waals surface area (Å²) in [7, 11) is -2.41. The van der Waals surface area contributed by atoms with E-state index in [0.717, 1.165) is 25.8 Å². The van der Waals surface area contributed by atoms with E-state index in [9.17, 15) is 23.3 Å². The summed E-state index contributed by atoms with van der Waals surface area (Å²) in [5.74, 6) is -0.499. The molecule has 0 aliphatic rings. The first-order valence-corrected chi connectivity index (χ1v) is 10.8. The van der Waals surface area contributed by atoms with Gasteiger partial charge in [0.1, 0.15) is 0 Å². The van der Waals surface area contributed by atoms with Crippen LogP contribution in [0.1, 0.15) is 42.2 Å². The number of ether oxygens (including phenoxy) is 1. The number of methoxy groups -OCH3 is 1. The maximum atomic E-state index is 11.4. The summed E-state index contributed by atoms with van der Waals surface area (Å²) in [6.07, 6.45) is 6.39. The molecular weight excluding hydrogens is 414 g/mol. The SMILES string of the molecule is CCCCCNc1nccnc1C(=O)OC.NS(=O)(=O)Cc1ccccc1[N+](=O)[O-]. The van der Waals surface area contributed by atoms with E-state index in [1.54, 1.807) is 6.20 Å². The first kappa shape index (κ1) is 24.9. The van der Waals surface area contributed by atoms with Gasteiger partial charge in [-0.3, -0.25) is 10.1 Å². The number of nitrogens with zero attached hydrogens (tertiary/aromatic N) is 3. The summed E-state index contributed by atoms with van der Waals surface area (Å²) >= 11 is 0. The number of rotatable bonds is 9. The highest BCUT2D eigenvalue weighted by molar-refractivity contribution is 7.88. The standard InChI is InChI=1S/C11H17N3O2.C7H8N2O4S/c1-3-4-5-6-13-10-9(11(15)16-2)12-7-8-14-10;8-14(12,13)5-6-3-1-2-4-7(6)9(10)11/h7-8H,3-6H2,1-2H3,(H,13,14);1-4H,5H2,(H2,8,12,13). The van der Waals surface area contributed by atoms with Gasteiger partial charge < -0.3 is 10.1 Å². The molecule has 0 saturated carbocycles. The Morgan fingerprint density at radius 1 is 1.23 bits per heavy atom. The molecule has 0 atom stereocenters. The molecule has 0 amide bonds. The van der Waals surface area contributed by atoms with E-state index in [2.05, 4.69) is 26.9 Å². The fourth-order valence-corrected chi connectivity index (χ4v) is 3.00. The summed E-state index contributed by atoms with van der Waals surface area (Å²) in [5, 5.41) is 18.4. The number of para-hydroxylation sites is 1. The van der Waals surface area contributed by atoms with Crippen molar-refractivity contribution in [3.63, 3.8) is 0 Å². The van der Waals surface area contributed by atoms with E-state index in [1.807, 2.05) is 0 Å². The van der Waals surface area contributed by atoms with Crippen LogP contribution in [0, 0.1) is 10.1 Å². The van der Waals surface area contributed by atoms with Gasteiger partial charge in [0.05, 0.1) is 17.8 Å². The lowest BCUT2D eigenvalue weighted by Crippen LogP contribution is -2.15. The van der Waals surface area contributed by atoms with Gasteiger partial charge >= 0.3 is 5.97 Å². The smallest absolute Gasteiger partial charge is 0.360 e. The minimum absolute atomic E-state index is 0.0972. The van der Waals surface area contributed by atoms with Gasteiger partial charge in [0, 0.05) is 30.6 Å². The second-order valence-corrected chi connectivity index (χ2v) is 7.69. The van der Waals surface area contributed by atoms with Crippen LogP contribution in [0.15, 0.2) is 36.7 Å². The maximum absolute atomic E-state index is 11.4. The number of hydrogen-bond acceptors (Lipinski definition) is 9. The molecule has 164 valence electrons. The molecule has 1 aromatic carbocycles. The van der Waals surface area contributed by atoms with Crippen molar-refractivity contribution in [2.75, 3.05) is 19.0 Å². The highest BCUT2D eigenvalue weighted by Crippen LogP contribution is 2.18. The Morgan fingerprint density at radius 2 is 1.90 bits per heavy atom. The predicted molar refractivity (Wildman–Crippen MR) is 111 cm³/mol. The maximum Gasteiger partial charge on any atom is 0.360 e. The third kappa shape index (κ3) is 8.92. The van der Waals surface area contributed by atoms with Crippen molar-refractivity contribution in [2.24, 2.45) is 5.14 Å². The normalized spacial score (nSPS) is 10.5. The quantitative estimate of drug-likeness (QED) is 0.257. The van der Waals surface area contributed by atoms with Crippen molar-refractivity contribution in [3.05, 3.63) is 58.0 Å². The summed E-state index contributed by atoms with van der Waals surface area (Å²) in [6, 6.07) is 5.58. The first-order valence-electron chi connectivity index (χ1n) is 9.05. The Kier molecular flexibility index (Phi) is 10.3. The van der Waals surface area contributed by atoms with E-state index in [4.69, 9.17) is 5.14 Å². The van der Waals surface area contributed by atoms with Crippen LogP contribution in [-0.2, 0) is 20.5 Å². The molecule has 0 saturated heterocycles. The van der Waals surface area contributed by atoms with Gasteiger partial charge in [-0.2, -0.15) is 0 Å². The van der Waals surface area contributed by atoms with E-state index in [0.29, 0.717) is 5.82 Å². The molecular formula is C18H25N5O6S. The summed E-state index contributed by atoms with van der Waals surface area (Å²) < 4.78 is 26.1. The molecule has 0 bridgehead atoms. The van der Waals surface area contributed by atoms with Crippen LogP contribution < -0.4 is 10.5 Å². The zero-order valence-corrected chi connectivity index (χ0v) is 17.6. The Labute approximate surface area is 174 Å². The van der Waals surface area contributed by atoms with Gasteiger partial charge in [0.15, 0.2) is 11.5 Å². The van der Waals surface area contributed by atoms with Crippen LogP contribution in [0.3, 0.4) is 0 Å². The van der Waals surface area contributed by atoms with E-state index < -0.39 is 26.7 Å². The largest absolute Gasteiger partial charge is 0.464 e. The monoisotopic (exact) mass is 439 g/mol. The summed E-state index contributed by atoms with van der Waals surface area (Å²) in [5.41, 5.74) is 0.100. The third-order valence-electron chi connectivity index (χ3n) is 3.69. The Bertz CT molecular complexity index is 952. The average molecular weight is 439 g/mol. The molecule has 2 rings (SSSR count). The second kappa shape index (κ2) is 12.4. The number of nitrogens with one attached hydrogen (secondary N) is 1. The van der Waals surface area contributed by atoms with Crippen LogP contribution in [0.25, 0.3) is 0 Å². The lowest BCUT2D eigenvalue weighted by molar-refractivity contribution is -0.385.